The average Bonchev–Trinajstić information content (AvgIpc) is 2.53. The summed E-state index contributed by atoms with van der Waals surface area (Å²) in [7, 11) is 0.606. The Labute approximate surface area is 149 Å². The van der Waals surface area contributed by atoms with Crippen molar-refractivity contribution in [2.24, 2.45) is 0 Å². The molecule has 1 saturated heterocycles. The molecule has 1 unspecified atom stereocenters. The molecule has 1 aliphatic rings. The van der Waals surface area contributed by atoms with Gasteiger partial charge in [0.2, 0.25) is 10.0 Å². The SMILES string of the molecule is COc1ccc(C(=O)N2CCNC(C)C2)cc1S(=O)(=O)N(C)C.Cl. The van der Waals surface area contributed by atoms with E-state index >= 15 is 0 Å². The maximum atomic E-state index is 12.6. The van der Waals surface area contributed by atoms with Crippen LogP contribution in [0, 0.1) is 0 Å². The molecular weight excluding hydrogens is 354 g/mol. The zero-order chi connectivity index (χ0) is 17.2. The number of rotatable bonds is 4. The summed E-state index contributed by atoms with van der Waals surface area (Å²) in [6.07, 6.45) is 0. The highest BCUT2D eigenvalue weighted by Crippen LogP contribution is 2.27. The van der Waals surface area contributed by atoms with E-state index in [1.165, 1.54) is 33.3 Å². The zero-order valence-corrected chi connectivity index (χ0v) is 15.9. The van der Waals surface area contributed by atoms with Gasteiger partial charge in [-0.1, -0.05) is 0 Å². The van der Waals surface area contributed by atoms with Crippen molar-refractivity contribution in [1.29, 1.82) is 0 Å². The van der Waals surface area contributed by atoms with Gasteiger partial charge in [-0.2, -0.15) is 0 Å². The van der Waals surface area contributed by atoms with Crippen LogP contribution in [0.25, 0.3) is 0 Å². The first-order valence-electron chi connectivity index (χ1n) is 7.40. The van der Waals surface area contributed by atoms with Crippen molar-refractivity contribution in [3.8, 4) is 5.75 Å². The number of nitrogens with one attached hydrogen (secondary N) is 1. The van der Waals surface area contributed by atoms with E-state index in [-0.39, 0.29) is 35.0 Å². The zero-order valence-electron chi connectivity index (χ0n) is 14.3. The predicted octanol–water partition coefficient (Wildman–Crippen LogP) is 0.801. The lowest BCUT2D eigenvalue weighted by Crippen LogP contribution is -2.51. The molecule has 0 radical (unpaired) electrons. The molecule has 1 amide bonds. The Bertz CT molecular complexity index is 694. The van der Waals surface area contributed by atoms with Crippen molar-refractivity contribution < 1.29 is 17.9 Å². The minimum atomic E-state index is -3.69. The fourth-order valence-electron chi connectivity index (χ4n) is 2.51. The third-order valence-electron chi connectivity index (χ3n) is 3.83. The lowest BCUT2D eigenvalue weighted by Gasteiger charge is -2.32. The van der Waals surface area contributed by atoms with Crippen LogP contribution in [0.15, 0.2) is 23.1 Å². The molecule has 1 heterocycles. The Morgan fingerprint density at radius 1 is 1.38 bits per heavy atom. The van der Waals surface area contributed by atoms with Gasteiger partial charge in [0, 0.05) is 45.3 Å². The predicted molar refractivity (Wildman–Crippen MR) is 94.5 cm³/mol. The first-order chi connectivity index (χ1) is 10.8. The maximum Gasteiger partial charge on any atom is 0.253 e. The van der Waals surface area contributed by atoms with Gasteiger partial charge in [0.1, 0.15) is 10.6 Å². The van der Waals surface area contributed by atoms with Crippen molar-refractivity contribution in [2.75, 3.05) is 40.8 Å². The second kappa shape index (κ2) is 8.15. The van der Waals surface area contributed by atoms with E-state index in [2.05, 4.69) is 5.32 Å². The highest BCUT2D eigenvalue weighted by Gasteiger charge is 2.26. The summed E-state index contributed by atoms with van der Waals surface area (Å²) in [6.45, 7) is 3.94. The number of carbonyl (C=O) groups excluding carboxylic acids is 1. The van der Waals surface area contributed by atoms with Crippen molar-refractivity contribution in [2.45, 2.75) is 17.9 Å². The molecule has 24 heavy (non-hydrogen) atoms. The standard InChI is InChI=1S/C15H23N3O4S.ClH/c1-11-10-18(8-7-16-11)15(19)12-5-6-13(22-4)14(9-12)23(20,21)17(2)3;/h5-6,9,11,16H,7-8,10H2,1-4H3;1H. The number of carbonyl (C=O) groups is 1. The Kier molecular flexibility index (Phi) is 7.03. The van der Waals surface area contributed by atoms with Gasteiger partial charge in [0.15, 0.2) is 0 Å². The minimum Gasteiger partial charge on any atom is -0.495 e. The summed E-state index contributed by atoms with van der Waals surface area (Å²) in [6, 6.07) is 4.73. The van der Waals surface area contributed by atoms with Crippen LogP contribution >= 0.6 is 12.4 Å². The summed E-state index contributed by atoms with van der Waals surface area (Å²) in [5.41, 5.74) is 0.348. The molecule has 7 nitrogen and oxygen atoms in total. The van der Waals surface area contributed by atoms with Crippen LogP contribution in [0.1, 0.15) is 17.3 Å². The first-order valence-corrected chi connectivity index (χ1v) is 8.84. The van der Waals surface area contributed by atoms with Crippen LogP contribution < -0.4 is 10.1 Å². The monoisotopic (exact) mass is 377 g/mol. The Morgan fingerprint density at radius 2 is 2.04 bits per heavy atom. The molecule has 0 bridgehead atoms. The van der Waals surface area contributed by atoms with Crippen LogP contribution in [0.3, 0.4) is 0 Å². The molecule has 1 fully saturated rings. The summed E-state index contributed by atoms with van der Waals surface area (Å²) in [5, 5.41) is 3.27. The van der Waals surface area contributed by atoms with Crippen molar-refractivity contribution >= 4 is 28.3 Å². The molecule has 1 aromatic rings. The van der Waals surface area contributed by atoms with Gasteiger partial charge in [-0.3, -0.25) is 4.79 Å². The third-order valence-corrected chi connectivity index (χ3v) is 5.66. The summed E-state index contributed by atoms with van der Waals surface area (Å²) >= 11 is 0. The van der Waals surface area contributed by atoms with Crippen molar-refractivity contribution in [3.63, 3.8) is 0 Å². The number of hydrogen-bond acceptors (Lipinski definition) is 5. The number of halogens is 1. The van der Waals surface area contributed by atoms with Crippen LogP contribution in [0.5, 0.6) is 5.75 Å². The number of nitrogens with zero attached hydrogens (tertiary/aromatic N) is 2. The van der Waals surface area contributed by atoms with E-state index in [4.69, 9.17) is 4.74 Å². The lowest BCUT2D eigenvalue weighted by atomic mass is 10.1. The number of benzene rings is 1. The Balaban J connectivity index is 0.00000288. The van der Waals surface area contributed by atoms with Crippen molar-refractivity contribution in [3.05, 3.63) is 23.8 Å². The van der Waals surface area contributed by atoms with Gasteiger partial charge in [-0.05, 0) is 25.1 Å². The normalized spacial score (nSPS) is 18.2. The molecule has 0 spiro atoms. The van der Waals surface area contributed by atoms with Gasteiger partial charge in [0.05, 0.1) is 7.11 Å². The minimum absolute atomic E-state index is 0. The third kappa shape index (κ3) is 4.18. The average molecular weight is 378 g/mol. The fourth-order valence-corrected chi connectivity index (χ4v) is 3.58. The molecule has 0 aliphatic carbocycles. The van der Waals surface area contributed by atoms with E-state index in [0.717, 1.165) is 10.8 Å². The van der Waals surface area contributed by atoms with Gasteiger partial charge < -0.3 is 15.0 Å². The van der Waals surface area contributed by atoms with Gasteiger partial charge >= 0.3 is 0 Å². The number of amides is 1. The highest BCUT2D eigenvalue weighted by atomic mass is 35.5. The summed E-state index contributed by atoms with van der Waals surface area (Å²) in [5.74, 6) is 0.0557. The summed E-state index contributed by atoms with van der Waals surface area (Å²) < 4.78 is 31.1. The van der Waals surface area contributed by atoms with E-state index < -0.39 is 10.0 Å². The van der Waals surface area contributed by atoms with E-state index in [9.17, 15) is 13.2 Å². The fraction of sp³-hybridized carbons (Fsp3) is 0.533. The molecule has 2 rings (SSSR count). The smallest absolute Gasteiger partial charge is 0.253 e. The number of piperazine rings is 1. The van der Waals surface area contributed by atoms with Crippen LogP contribution in [-0.2, 0) is 10.0 Å². The molecule has 136 valence electrons. The molecule has 0 aromatic heterocycles. The Hall–Kier alpha value is -1.35. The molecule has 1 atom stereocenters. The largest absolute Gasteiger partial charge is 0.495 e. The molecule has 1 N–H and O–H groups in total. The summed E-state index contributed by atoms with van der Waals surface area (Å²) in [4.78, 5) is 14.4. The number of ether oxygens (including phenoxy) is 1. The van der Waals surface area contributed by atoms with Crippen molar-refractivity contribution in [1.82, 2.24) is 14.5 Å². The molecular formula is C15H24ClN3O4S. The van der Waals surface area contributed by atoms with Gasteiger partial charge in [-0.15, -0.1) is 12.4 Å². The molecule has 1 aromatic carbocycles. The highest BCUT2D eigenvalue weighted by molar-refractivity contribution is 7.89. The first kappa shape index (κ1) is 20.7. The second-order valence-corrected chi connectivity index (χ2v) is 7.88. The van der Waals surface area contributed by atoms with E-state index in [1.807, 2.05) is 6.92 Å². The lowest BCUT2D eigenvalue weighted by molar-refractivity contribution is 0.0709. The molecule has 1 aliphatic heterocycles. The van der Waals surface area contributed by atoms with E-state index in [0.29, 0.717) is 18.7 Å². The van der Waals surface area contributed by atoms with Crippen LogP contribution in [0.2, 0.25) is 0 Å². The van der Waals surface area contributed by atoms with Crippen LogP contribution in [0.4, 0.5) is 0 Å². The number of hydrogen-bond donors (Lipinski definition) is 1. The maximum absolute atomic E-state index is 12.6. The van der Waals surface area contributed by atoms with Gasteiger partial charge in [0.25, 0.3) is 5.91 Å². The van der Waals surface area contributed by atoms with Gasteiger partial charge in [-0.25, -0.2) is 12.7 Å². The molecule has 9 heteroatoms. The Morgan fingerprint density at radius 3 is 2.58 bits per heavy atom. The number of sulfonamides is 1. The quantitative estimate of drug-likeness (QED) is 0.839. The topological polar surface area (TPSA) is 79.0 Å². The molecule has 0 saturated carbocycles. The van der Waals surface area contributed by atoms with Crippen LogP contribution in [-0.4, -0.2) is 70.4 Å². The van der Waals surface area contributed by atoms with E-state index in [1.54, 1.807) is 11.0 Å². The number of methoxy groups -OCH3 is 1. The second-order valence-electron chi connectivity index (χ2n) is 5.76.